The van der Waals surface area contributed by atoms with Gasteiger partial charge in [-0.3, -0.25) is 0 Å². The van der Waals surface area contributed by atoms with E-state index in [0.717, 1.165) is 11.0 Å². The van der Waals surface area contributed by atoms with Gasteiger partial charge in [0.2, 0.25) is 0 Å². The van der Waals surface area contributed by atoms with E-state index in [0.29, 0.717) is 18.0 Å². The highest BCUT2D eigenvalue weighted by molar-refractivity contribution is 9.10. The summed E-state index contributed by atoms with van der Waals surface area (Å²) in [5.41, 5.74) is 2.69. The van der Waals surface area contributed by atoms with Crippen molar-refractivity contribution in [2.75, 3.05) is 18.5 Å². The monoisotopic (exact) mass is 340 g/mol. The quantitative estimate of drug-likeness (QED) is 0.752. The van der Waals surface area contributed by atoms with Crippen LogP contribution in [-0.2, 0) is 0 Å². The summed E-state index contributed by atoms with van der Waals surface area (Å²) in [4.78, 5) is 2.41. The molecule has 2 unspecified atom stereocenters. The van der Waals surface area contributed by atoms with Crippen LogP contribution in [0.3, 0.4) is 0 Å². The number of nitrogens with zero attached hydrogens (tertiary/aromatic N) is 1. The molecule has 0 aromatic heterocycles. The van der Waals surface area contributed by atoms with Crippen molar-refractivity contribution in [1.29, 1.82) is 0 Å². The molecule has 0 bridgehead atoms. The van der Waals surface area contributed by atoms with Gasteiger partial charge in [0, 0.05) is 29.3 Å². The van der Waals surface area contributed by atoms with Crippen molar-refractivity contribution in [3.63, 3.8) is 0 Å². The molecule has 0 aliphatic rings. The van der Waals surface area contributed by atoms with E-state index in [1.165, 1.54) is 17.7 Å². The normalized spacial score (nSPS) is 14.4. The van der Waals surface area contributed by atoms with Crippen molar-refractivity contribution >= 4 is 21.6 Å². The third kappa shape index (κ3) is 4.78. The van der Waals surface area contributed by atoms with E-state index in [9.17, 15) is 0 Å². The average Bonchev–Trinajstić information content (AvgIpc) is 2.37. The SMILES string of the molecule is CCNC(C)c1ccc(Br)cc1N(C)C(C)CC(C)C. The molecule has 2 atom stereocenters. The van der Waals surface area contributed by atoms with Crippen LogP contribution in [0.2, 0.25) is 0 Å². The third-order valence-electron chi connectivity index (χ3n) is 3.82. The molecular formula is C17H29BrN2. The van der Waals surface area contributed by atoms with Crippen molar-refractivity contribution in [2.45, 2.75) is 53.1 Å². The second-order valence-electron chi connectivity index (χ2n) is 6.07. The molecule has 1 N–H and O–H groups in total. The molecule has 0 radical (unpaired) electrons. The summed E-state index contributed by atoms with van der Waals surface area (Å²) < 4.78 is 1.14. The van der Waals surface area contributed by atoms with Crippen LogP contribution in [-0.4, -0.2) is 19.6 Å². The van der Waals surface area contributed by atoms with Gasteiger partial charge in [0.1, 0.15) is 0 Å². The zero-order valence-corrected chi connectivity index (χ0v) is 15.3. The molecular weight excluding hydrogens is 312 g/mol. The molecule has 0 saturated heterocycles. The maximum absolute atomic E-state index is 3.61. The zero-order valence-electron chi connectivity index (χ0n) is 13.7. The van der Waals surface area contributed by atoms with Crippen LogP contribution in [0.5, 0.6) is 0 Å². The molecule has 3 heteroatoms. The number of anilines is 1. The standard InChI is InChI=1S/C17H29BrN2/c1-7-19-14(5)16-9-8-15(18)11-17(16)20(6)13(4)10-12(2)3/h8-9,11-14,19H,7,10H2,1-6H3. The first-order valence-corrected chi connectivity index (χ1v) is 8.41. The van der Waals surface area contributed by atoms with Gasteiger partial charge in [-0.2, -0.15) is 0 Å². The smallest absolute Gasteiger partial charge is 0.0425 e. The molecule has 0 spiro atoms. The minimum atomic E-state index is 0.372. The van der Waals surface area contributed by atoms with Crippen LogP contribution in [0.4, 0.5) is 5.69 Å². The highest BCUT2D eigenvalue weighted by Gasteiger charge is 2.18. The molecule has 114 valence electrons. The molecule has 20 heavy (non-hydrogen) atoms. The second kappa shape index (κ2) is 8.04. The van der Waals surface area contributed by atoms with Crippen molar-refractivity contribution < 1.29 is 0 Å². The lowest BCUT2D eigenvalue weighted by Crippen LogP contribution is -2.32. The summed E-state index contributed by atoms with van der Waals surface area (Å²) in [6.07, 6.45) is 1.21. The van der Waals surface area contributed by atoms with E-state index in [1.807, 2.05) is 0 Å². The van der Waals surface area contributed by atoms with E-state index in [-0.39, 0.29) is 0 Å². The molecule has 1 aromatic rings. The van der Waals surface area contributed by atoms with Crippen molar-refractivity contribution in [3.05, 3.63) is 28.2 Å². The molecule has 1 aromatic carbocycles. The average molecular weight is 341 g/mol. The second-order valence-corrected chi connectivity index (χ2v) is 6.99. The predicted molar refractivity (Wildman–Crippen MR) is 93.6 cm³/mol. The lowest BCUT2D eigenvalue weighted by Gasteiger charge is -2.32. The highest BCUT2D eigenvalue weighted by atomic mass is 79.9. The summed E-state index contributed by atoms with van der Waals surface area (Å²) in [6, 6.07) is 7.51. The van der Waals surface area contributed by atoms with E-state index in [4.69, 9.17) is 0 Å². The Morgan fingerprint density at radius 1 is 1.20 bits per heavy atom. The number of nitrogens with one attached hydrogen (secondary N) is 1. The number of halogens is 1. The Hall–Kier alpha value is -0.540. The van der Waals surface area contributed by atoms with Crippen LogP contribution in [0.1, 0.15) is 52.6 Å². The maximum atomic E-state index is 3.61. The number of benzene rings is 1. The molecule has 0 aliphatic carbocycles. The predicted octanol–water partition coefficient (Wildman–Crippen LogP) is 4.99. The summed E-state index contributed by atoms with van der Waals surface area (Å²) in [5.74, 6) is 0.717. The number of hydrogen-bond acceptors (Lipinski definition) is 2. The summed E-state index contributed by atoms with van der Waals surface area (Å²) in [7, 11) is 2.21. The molecule has 2 nitrogen and oxygen atoms in total. The van der Waals surface area contributed by atoms with E-state index >= 15 is 0 Å². The third-order valence-corrected chi connectivity index (χ3v) is 4.32. The van der Waals surface area contributed by atoms with E-state index in [2.05, 4.69) is 86.0 Å². The van der Waals surface area contributed by atoms with Gasteiger partial charge in [0.15, 0.2) is 0 Å². The van der Waals surface area contributed by atoms with Gasteiger partial charge in [0.25, 0.3) is 0 Å². The van der Waals surface area contributed by atoms with Gasteiger partial charge < -0.3 is 10.2 Å². The lowest BCUT2D eigenvalue weighted by atomic mass is 10.0. The number of rotatable bonds is 7. The molecule has 1 rings (SSSR count). The van der Waals surface area contributed by atoms with Crippen LogP contribution in [0.15, 0.2) is 22.7 Å². The van der Waals surface area contributed by atoms with Crippen molar-refractivity contribution in [3.8, 4) is 0 Å². The van der Waals surface area contributed by atoms with E-state index < -0.39 is 0 Å². The summed E-state index contributed by atoms with van der Waals surface area (Å²) in [6.45, 7) is 12.3. The minimum Gasteiger partial charge on any atom is -0.372 e. The van der Waals surface area contributed by atoms with Crippen molar-refractivity contribution in [1.82, 2.24) is 5.32 Å². The van der Waals surface area contributed by atoms with Gasteiger partial charge in [-0.15, -0.1) is 0 Å². The van der Waals surface area contributed by atoms with Gasteiger partial charge >= 0.3 is 0 Å². The summed E-state index contributed by atoms with van der Waals surface area (Å²) >= 11 is 3.61. The van der Waals surface area contributed by atoms with Crippen LogP contribution >= 0.6 is 15.9 Å². The topological polar surface area (TPSA) is 15.3 Å². The lowest BCUT2D eigenvalue weighted by molar-refractivity contribution is 0.501. The fourth-order valence-corrected chi connectivity index (χ4v) is 3.03. The molecule has 0 saturated carbocycles. The van der Waals surface area contributed by atoms with Crippen LogP contribution in [0.25, 0.3) is 0 Å². The zero-order chi connectivity index (χ0) is 15.3. The van der Waals surface area contributed by atoms with Crippen LogP contribution < -0.4 is 10.2 Å². The maximum Gasteiger partial charge on any atom is 0.0425 e. The fraction of sp³-hybridized carbons (Fsp3) is 0.647. The Morgan fingerprint density at radius 3 is 2.40 bits per heavy atom. The highest BCUT2D eigenvalue weighted by Crippen LogP contribution is 2.31. The Balaban J connectivity index is 3.04. The molecule has 0 fully saturated rings. The van der Waals surface area contributed by atoms with E-state index in [1.54, 1.807) is 0 Å². The van der Waals surface area contributed by atoms with Crippen molar-refractivity contribution in [2.24, 2.45) is 5.92 Å². The first kappa shape index (κ1) is 17.5. The molecule has 0 amide bonds. The Bertz CT molecular complexity index is 417. The number of hydrogen-bond donors (Lipinski definition) is 1. The molecule has 0 aliphatic heterocycles. The van der Waals surface area contributed by atoms with Crippen LogP contribution in [0, 0.1) is 5.92 Å². The first-order chi connectivity index (χ1) is 9.36. The first-order valence-electron chi connectivity index (χ1n) is 7.62. The van der Waals surface area contributed by atoms with Gasteiger partial charge in [-0.05, 0) is 50.4 Å². The van der Waals surface area contributed by atoms with Gasteiger partial charge in [0.05, 0.1) is 0 Å². The largest absolute Gasteiger partial charge is 0.372 e. The van der Waals surface area contributed by atoms with Gasteiger partial charge in [-0.1, -0.05) is 42.8 Å². The fourth-order valence-electron chi connectivity index (χ4n) is 2.68. The summed E-state index contributed by atoms with van der Waals surface area (Å²) in [5, 5.41) is 3.51. The molecule has 0 heterocycles. The van der Waals surface area contributed by atoms with Gasteiger partial charge in [-0.25, -0.2) is 0 Å². The minimum absolute atomic E-state index is 0.372. The Morgan fingerprint density at radius 2 is 1.85 bits per heavy atom. The Kier molecular flexibility index (Phi) is 7.04. The Labute approximate surface area is 133 Å².